The number of nitrogens with one attached hydrogen (secondary N) is 1. The second-order valence-corrected chi connectivity index (χ2v) is 9.57. The Morgan fingerprint density at radius 2 is 1.56 bits per heavy atom. The van der Waals surface area contributed by atoms with E-state index in [1.54, 1.807) is 17.6 Å². The highest BCUT2D eigenvalue weighted by Crippen LogP contribution is 2.24. The monoisotopic (exact) mass is 468 g/mol. The molecule has 0 bridgehead atoms. The van der Waals surface area contributed by atoms with Crippen molar-refractivity contribution in [2.75, 3.05) is 39.4 Å². The quantitative estimate of drug-likeness (QED) is 0.425. The number of amides is 1. The van der Waals surface area contributed by atoms with Crippen LogP contribution in [-0.2, 0) is 24.4 Å². The fourth-order valence-corrected chi connectivity index (χ4v) is 5.15. The number of morpholine rings is 1. The van der Waals surface area contributed by atoms with Crippen LogP contribution in [0.4, 0.5) is 0 Å². The summed E-state index contributed by atoms with van der Waals surface area (Å²) < 4.78 is 5.47. The average Bonchev–Trinajstić information content (AvgIpc) is 2.82. The zero-order valence-electron chi connectivity index (χ0n) is 20.1. The number of nitrogens with zero attached hydrogens (tertiary/aromatic N) is 3. The third kappa shape index (κ3) is 6.14. The van der Waals surface area contributed by atoms with Crippen LogP contribution in [0.1, 0.15) is 40.9 Å². The van der Waals surface area contributed by atoms with Crippen molar-refractivity contribution < 1.29 is 19.8 Å². The van der Waals surface area contributed by atoms with Crippen molar-refractivity contribution in [3.05, 3.63) is 64.7 Å². The van der Waals surface area contributed by atoms with E-state index in [4.69, 9.17) is 9.94 Å². The molecule has 34 heavy (non-hydrogen) atoms. The van der Waals surface area contributed by atoms with Gasteiger partial charge >= 0.3 is 0 Å². The van der Waals surface area contributed by atoms with Crippen molar-refractivity contribution in [1.29, 1.82) is 0 Å². The van der Waals surface area contributed by atoms with E-state index in [1.165, 1.54) is 11.1 Å². The van der Waals surface area contributed by atoms with Gasteiger partial charge in [0.25, 0.3) is 5.91 Å². The molecule has 0 saturated carbocycles. The molecule has 2 saturated heterocycles. The van der Waals surface area contributed by atoms with Crippen LogP contribution in [0.3, 0.4) is 0 Å². The van der Waals surface area contributed by atoms with Gasteiger partial charge in [-0.3, -0.25) is 24.7 Å². The van der Waals surface area contributed by atoms with Crippen molar-refractivity contribution >= 4 is 5.91 Å². The minimum absolute atomic E-state index is 0.0636. The van der Waals surface area contributed by atoms with Crippen molar-refractivity contribution in [3.63, 3.8) is 0 Å². The average molecular weight is 469 g/mol. The number of hydrogen-bond donors (Lipinski definition) is 3. The molecule has 2 atom stereocenters. The van der Waals surface area contributed by atoms with Gasteiger partial charge in [0.2, 0.25) is 0 Å². The van der Waals surface area contributed by atoms with Crippen LogP contribution in [0.2, 0.25) is 0 Å². The summed E-state index contributed by atoms with van der Waals surface area (Å²) in [5.41, 5.74) is 5.27. The first kappa shape index (κ1) is 24.6. The Morgan fingerprint density at radius 3 is 2.21 bits per heavy atom. The van der Waals surface area contributed by atoms with Crippen LogP contribution in [0.25, 0.3) is 0 Å². The molecule has 0 spiro atoms. The van der Waals surface area contributed by atoms with Crippen molar-refractivity contribution in [1.82, 2.24) is 20.2 Å². The van der Waals surface area contributed by atoms with Crippen LogP contribution in [0.5, 0.6) is 5.75 Å². The highest BCUT2D eigenvalue weighted by molar-refractivity contribution is 5.96. The van der Waals surface area contributed by atoms with Crippen LogP contribution in [0.15, 0.2) is 42.5 Å². The zero-order valence-corrected chi connectivity index (χ0v) is 20.1. The van der Waals surface area contributed by atoms with Crippen LogP contribution in [-0.4, -0.2) is 82.4 Å². The number of hydrogen-bond acceptors (Lipinski definition) is 7. The predicted octanol–water partition coefficient (Wildman–Crippen LogP) is 2.44. The minimum atomic E-state index is -0.714. The number of carbonyl (C=O) groups excluding carboxylic acids is 1. The number of phenols is 1. The topological polar surface area (TPSA) is 88.5 Å². The van der Waals surface area contributed by atoms with Crippen LogP contribution in [0, 0.1) is 0 Å². The van der Waals surface area contributed by atoms with Gasteiger partial charge in [-0.05, 0) is 42.7 Å². The Morgan fingerprint density at radius 1 is 0.941 bits per heavy atom. The second kappa shape index (κ2) is 11.3. The molecule has 3 N–H and O–H groups in total. The molecular weight excluding hydrogens is 432 g/mol. The molecule has 2 aliphatic rings. The third-order valence-corrected chi connectivity index (χ3v) is 6.86. The van der Waals surface area contributed by atoms with Gasteiger partial charge in [0, 0.05) is 57.9 Å². The van der Waals surface area contributed by atoms with E-state index >= 15 is 0 Å². The van der Waals surface area contributed by atoms with E-state index in [0.717, 1.165) is 58.0 Å². The summed E-state index contributed by atoms with van der Waals surface area (Å²) in [5.74, 6) is -0.838. The van der Waals surface area contributed by atoms with E-state index in [9.17, 15) is 9.90 Å². The molecular formula is C26H36N4O4. The maximum Gasteiger partial charge on any atom is 0.278 e. The summed E-state index contributed by atoms with van der Waals surface area (Å²) in [4.78, 5) is 19.0. The van der Waals surface area contributed by atoms with Crippen molar-refractivity contribution in [2.45, 2.75) is 45.6 Å². The molecule has 0 aliphatic carbocycles. The fraction of sp³-hybridized carbons (Fsp3) is 0.500. The molecule has 0 radical (unpaired) electrons. The van der Waals surface area contributed by atoms with Gasteiger partial charge in [-0.15, -0.1) is 0 Å². The van der Waals surface area contributed by atoms with E-state index in [0.29, 0.717) is 18.6 Å². The standard InChI is InChI=1S/C26H36N4O4/c1-19-14-29(17-23-6-7-24(25(31)13-23)26(32)27-33)15-20(2)30(19)18-22-5-3-4-21(12-22)16-28-8-10-34-11-9-28/h3-7,12-13,19-20,31,33H,8-11,14-18H2,1-2H3,(H,27,32)/t19-,20+. The summed E-state index contributed by atoms with van der Waals surface area (Å²) in [5, 5.41) is 18.9. The predicted molar refractivity (Wildman–Crippen MR) is 130 cm³/mol. The summed E-state index contributed by atoms with van der Waals surface area (Å²) in [6.07, 6.45) is 0. The molecule has 2 heterocycles. The maximum absolute atomic E-state index is 11.6. The summed E-state index contributed by atoms with van der Waals surface area (Å²) in [7, 11) is 0. The lowest BCUT2D eigenvalue weighted by atomic mass is 10.0. The molecule has 0 aromatic heterocycles. The number of hydroxylamine groups is 1. The van der Waals surface area contributed by atoms with Gasteiger partial charge in [0.1, 0.15) is 5.75 Å². The van der Waals surface area contributed by atoms with E-state index in [-0.39, 0.29) is 11.3 Å². The number of aromatic hydroxyl groups is 1. The molecule has 2 aliphatic heterocycles. The molecule has 2 aromatic carbocycles. The molecule has 0 unspecified atom stereocenters. The molecule has 1 amide bonds. The number of phenolic OH excluding ortho intramolecular Hbond substituents is 1. The number of benzene rings is 2. The Kier molecular flexibility index (Phi) is 8.18. The highest BCUT2D eigenvalue weighted by atomic mass is 16.5. The molecule has 8 heteroatoms. The van der Waals surface area contributed by atoms with E-state index in [2.05, 4.69) is 52.8 Å². The fourth-order valence-electron chi connectivity index (χ4n) is 5.15. The number of rotatable bonds is 7. The lowest BCUT2D eigenvalue weighted by molar-refractivity contribution is 0.0287. The van der Waals surface area contributed by atoms with Gasteiger partial charge in [-0.2, -0.15) is 0 Å². The number of piperazine rings is 1. The first-order valence-electron chi connectivity index (χ1n) is 12.0. The summed E-state index contributed by atoms with van der Waals surface area (Å²) >= 11 is 0. The molecule has 2 fully saturated rings. The Bertz CT molecular complexity index is 967. The lowest BCUT2D eigenvalue weighted by Crippen LogP contribution is -2.55. The van der Waals surface area contributed by atoms with Crippen molar-refractivity contribution in [2.24, 2.45) is 0 Å². The first-order chi connectivity index (χ1) is 16.4. The molecule has 4 rings (SSSR count). The molecule has 8 nitrogen and oxygen atoms in total. The maximum atomic E-state index is 11.6. The Balaban J connectivity index is 1.35. The van der Waals surface area contributed by atoms with E-state index < -0.39 is 5.91 Å². The molecule has 2 aromatic rings. The Hall–Kier alpha value is -2.49. The second-order valence-electron chi connectivity index (χ2n) is 9.57. The number of ether oxygens (including phenoxy) is 1. The van der Waals surface area contributed by atoms with Crippen LogP contribution < -0.4 is 5.48 Å². The largest absolute Gasteiger partial charge is 0.507 e. The zero-order chi connectivity index (χ0) is 24.1. The van der Waals surface area contributed by atoms with Gasteiger partial charge in [-0.25, -0.2) is 5.48 Å². The van der Waals surface area contributed by atoms with Crippen LogP contribution >= 0.6 is 0 Å². The highest BCUT2D eigenvalue weighted by Gasteiger charge is 2.29. The van der Waals surface area contributed by atoms with Gasteiger partial charge < -0.3 is 9.84 Å². The summed E-state index contributed by atoms with van der Waals surface area (Å²) in [6, 6.07) is 14.7. The minimum Gasteiger partial charge on any atom is -0.507 e. The van der Waals surface area contributed by atoms with Gasteiger partial charge in [0.15, 0.2) is 0 Å². The first-order valence-corrected chi connectivity index (χ1v) is 12.0. The van der Waals surface area contributed by atoms with E-state index in [1.807, 2.05) is 6.07 Å². The lowest BCUT2D eigenvalue weighted by Gasteiger charge is -2.44. The Labute approximate surface area is 201 Å². The number of carbonyl (C=O) groups is 1. The summed E-state index contributed by atoms with van der Waals surface area (Å²) in [6.45, 7) is 12.6. The third-order valence-electron chi connectivity index (χ3n) is 6.86. The van der Waals surface area contributed by atoms with Crippen molar-refractivity contribution in [3.8, 4) is 5.75 Å². The molecule has 184 valence electrons. The SMILES string of the molecule is C[C@@H]1CN(Cc2ccc(C(=O)NO)c(O)c2)C[C@H](C)N1Cc1cccc(CN2CCOCC2)c1. The normalized spacial score (nSPS) is 22.6. The van der Waals surface area contributed by atoms with Gasteiger partial charge in [0.05, 0.1) is 18.8 Å². The van der Waals surface area contributed by atoms with Gasteiger partial charge in [-0.1, -0.05) is 30.3 Å². The smallest absolute Gasteiger partial charge is 0.278 e.